The van der Waals surface area contributed by atoms with Crippen molar-refractivity contribution in [3.05, 3.63) is 75.3 Å². The van der Waals surface area contributed by atoms with Crippen molar-refractivity contribution >= 4 is 29.3 Å². The fraction of sp³-hybridized carbons (Fsp3) is 0.263. The summed E-state index contributed by atoms with van der Waals surface area (Å²) in [6.07, 6.45) is 3.08. The van der Waals surface area contributed by atoms with E-state index in [1.807, 2.05) is 36.4 Å². The van der Waals surface area contributed by atoms with Crippen LogP contribution in [-0.2, 0) is 4.74 Å². The third-order valence-corrected chi connectivity index (χ3v) is 4.50. The Bertz CT molecular complexity index is 719. The molecule has 0 radical (unpaired) electrons. The molecule has 1 aliphatic heterocycles. The van der Waals surface area contributed by atoms with E-state index in [2.05, 4.69) is 32.1 Å². The number of hydrogen-bond acceptors (Lipinski definition) is 1. The Morgan fingerprint density at radius 1 is 1.05 bits per heavy atom. The van der Waals surface area contributed by atoms with Crippen LogP contribution in [0.2, 0.25) is 10.0 Å². The first-order chi connectivity index (χ1) is 10.4. The molecule has 3 heteroatoms. The lowest BCUT2D eigenvalue weighted by molar-refractivity contribution is -0.00408. The summed E-state index contributed by atoms with van der Waals surface area (Å²) in [6.45, 7) is 4.21. The zero-order valence-electron chi connectivity index (χ0n) is 12.6. The van der Waals surface area contributed by atoms with Crippen LogP contribution in [0.25, 0.3) is 6.08 Å². The number of hydrogen-bond donors (Lipinski definition) is 0. The summed E-state index contributed by atoms with van der Waals surface area (Å²) in [6, 6.07) is 15.8. The van der Waals surface area contributed by atoms with Gasteiger partial charge in [0.25, 0.3) is 0 Å². The van der Waals surface area contributed by atoms with Crippen molar-refractivity contribution in [3.8, 4) is 0 Å². The van der Waals surface area contributed by atoms with Crippen LogP contribution < -0.4 is 0 Å². The minimum Gasteiger partial charge on any atom is -0.363 e. The van der Waals surface area contributed by atoms with Gasteiger partial charge in [-0.15, -0.1) is 0 Å². The maximum Gasteiger partial charge on any atom is 0.0875 e. The van der Waals surface area contributed by atoms with Crippen molar-refractivity contribution in [2.75, 3.05) is 0 Å². The predicted octanol–water partition coefficient (Wildman–Crippen LogP) is 6.32. The molecule has 1 unspecified atom stereocenters. The fourth-order valence-electron chi connectivity index (χ4n) is 2.84. The lowest BCUT2D eigenvalue weighted by atomic mass is 9.93. The quantitative estimate of drug-likeness (QED) is 0.625. The lowest BCUT2D eigenvalue weighted by Crippen LogP contribution is -2.20. The minimum atomic E-state index is -0.296. The molecule has 22 heavy (non-hydrogen) atoms. The van der Waals surface area contributed by atoms with Gasteiger partial charge in [-0.2, -0.15) is 0 Å². The molecule has 0 bridgehead atoms. The molecule has 0 amide bonds. The van der Waals surface area contributed by atoms with Gasteiger partial charge in [0.05, 0.1) is 11.7 Å². The summed E-state index contributed by atoms with van der Waals surface area (Å²) in [5, 5.41) is 1.49. The van der Waals surface area contributed by atoms with Crippen LogP contribution in [0.5, 0.6) is 0 Å². The average Bonchev–Trinajstić information content (AvgIpc) is 2.74. The summed E-state index contributed by atoms with van der Waals surface area (Å²) in [7, 11) is 0. The first-order valence-electron chi connectivity index (χ1n) is 7.34. The second kappa shape index (κ2) is 6.08. The van der Waals surface area contributed by atoms with Gasteiger partial charge in [-0.3, -0.25) is 0 Å². The predicted molar refractivity (Wildman–Crippen MR) is 93.4 cm³/mol. The van der Waals surface area contributed by atoms with E-state index in [4.69, 9.17) is 27.9 Å². The largest absolute Gasteiger partial charge is 0.363 e. The molecule has 0 spiro atoms. The normalized spacial score (nSPS) is 22.2. The Morgan fingerprint density at radius 2 is 1.73 bits per heavy atom. The zero-order valence-corrected chi connectivity index (χ0v) is 14.2. The van der Waals surface area contributed by atoms with E-state index >= 15 is 0 Å². The SMILES string of the molecule is CC1(C)OC(c2cccc(Cl)c2)C/C1=C/c1cccc(Cl)c1. The molecule has 0 aromatic heterocycles. The van der Waals surface area contributed by atoms with Gasteiger partial charge in [-0.1, -0.05) is 53.5 Å². The van der Waals surface area contributed by atoms with Crippen LogP contribution in [0.1, 0.15) is 37.5 Å². The molecule has 1 fully saturated rings. The van der Waals surface area contributed by atoms with Gasteiger partial charge in [0.2, 0.25) is 0 Å². The monoisotopic (exact) mass is 332 g/mol. The van der Waals surface area contributed by atoms with Crippen LogP contribution in [0.4, 0.5) is 0 Å². The van der Waals surface area contributed by atoms with Crippen molar-refractivity contribution in [3.63, 3.8) is 0 Å². The molecule has 1 atom stereocenters. The summed E-state index contributed by atoms with van der Waals surface area (Å²) in [5.41, 5.74) is 3.19. The first-order valence-corrected chi connectivity index (χ1v) is 8.09. The van der Waals surface area contributed by atoms with E-state index in [0.29, 0.717) is 0 Å². The summed E-state index contributed by atoms with van der Waals surface area (Å²) in [4.78, 5) is 0. The molecule has 2 aromatic carbocycles. The van der Waals surface area contributed by atoms with Crippen molar-refractivity contribution in [2.24, 2.45) is 0 Å². The Balaban J connectivity index is 1.90. The standard InChI is InChI=1S/C19H18Cl2O/c1-19(2)15(9-13-5-3-7-16(20)10-13)12-18(22-19)14-6-4-8-17(21)11-14/h3-11,18H,12H2,1-2H3/b15-9-. The fourth-order valence-corrected chi connectivity index (χ4v) is 3.24. The number of rotatable bonds is 2. The Kier molecular flexibility index (Phi) is 4.31. The van der Waals surface area contributed by atoms with Gasteiger partial charge in [0, 0.05) is 16.5 Å². The highest BCUT2D eigenvalue weighted by Crippen LogP contribution is 2.44. The number of benzene rings is 2. The van der Waals surface area contributed by atoms with Crippen LogP contribution in [0.15, 0.2) is 54.1 Å². The van der Waals surface area contributed by atoms with E-state index in [1.54, 1.807) is 0 Å². The molecular weight excluding hydrogens is 315 g/mol. The van der Waals surface area contributed by atoms with Crippen molar-refractivity contribution in [2.45, 2.75) is 32.0 Å². The summed E-state index contributed by atoms with van der Waals surface area (Å²) in [5.74, 6) is 0. The molecule has 3 rings (SSSR count). The van der Waals surface area contributed by atoms with Crippen molar-refractivity contribution < 1.29 is 4.74 Å². The minimum absolute atomic E-state index is 0.0409. The van der Waals surface area contributed by atoms with E-state index in [9.17, 15) is 0 Å². The third-order valence-electron chi connectivity index (χ3n) is 4.03. The number of ether oxygens (including phenoxy) is 1. The second-order valence-electron chi connectivity index (χ2n) is 6.10. The summed E-state index contributed by atoms with van der Waals surface area (Å²) < 4.78 is 6.24. The average molecular weight is 333 g/mol. The summed E-state index contributed by atoms with van der Waals surface area (Å²) >= 11 is 12.2. The molecule has 0 N–H and O–H groups in total. The molecule has 1 heterocycles. The van der Waals surface area contributed by atoms with Gasteiger partial charge in [0.1, 0.15) is 0 Å². The topological polar surface area (TPSA) is 9.23 Å². The third kappa shape index (κ3) is 3.38. The smallest absolute Gasteiger partial charge is 0.0875 e. The lowest BCUT2D eigenvalue weighted by Gasteiger charge is -2.21. The Hall–Kier alpha value is -1.28. The molecular formula is C19H18Cl2O. The molecule has 1 aliphatic rings. The maximum atomic E-state index is 6.24. The van der Waals surface area contributed by atoms with E-state index < -0.39 is 0 Å². The first kappa shape index (κ1) is 15.6. The second-order valence-corrected chi connectivity index (χ2v) is 6.97. The van der Waals surface area contributed by atoms with Crippen LogP contribution in [-0.4, -0.2) is 5.60 Å². The van der Waals surface area contributed by atoms with Gasteiger partial charge in [-0.05, 0) is 54.8 Å². The molecule has 0 aliphatic carbocycles. The molecule has 114 valence electrons. The molecule has 0 saturated carbocycles. The number of halogens is 2. The molecule has 1 saturated heterocycles. The Labute approximate surface area is 141 Å². The van der Waals surface area contributed by atoms with Crippen LogP contribution in [0, 0.1) is 0 Å². The van der Waals surface area contributed by atoms with Crippen molar-refractivity contribution in [1.82, 2.24) is 0 Å². The highest BCUT2D eigenvalue weighted by atomic mass is 35.5. The maximum absolute atomic E-state index is 6.24. The van der Waals surface area contributed by atoms with Crippen molar-refractivity contribution in [1.29, 1.82) is 0 Å². The van der Waals surface area contributed by atoms with E-state index in [1.165, 1.54) is 5.57 Å². The Morgan fingerprint density at radius 3 is 2.41 bits per heavy atom. The highest BCUT2D eigenvalue weighted by Gasteiger charge is 2.37. The van der Waals surface area contributed by atoms with Gasteiger partial charge < -0.3 is 4.74 Å². The van der Waals surface area contributed by atoms with E-state index in [0.717, 1.165) is 27.6 Å². The zero-order chi connectivity index (χ0) is 15.7. The van der Waals surface area contributed by atoms with Gasteiger partial charge in [0.15, 0.2) is 0 Å². The highest BCUT2D eigenvalue weighted by molar-refractivity contribution is 6.31. The molecule has 1 nitrogen and oxygen atoms in total. The van der Waals surface area contributed by atoms with E-state index in [-0.39, 0.29) is 11.7 Å². The van der Waals surface area contributed by atoms with Crippen LogP contribution >= 0.6 is 23.2 Å². The van der Waals surface area contributed by atoms with Gasteiger partial charge in [-0.25, -0.2) is 0 Å². The van der Waals surface area contributed by atoms with Crippen LogP contribution in [0.3, 0.4) is 0 Å². The molecule has 2 aromatic rings. The van der Waals surface area contributed by atoms with Gasteiger partial charge >= 0.3 is 0 Å².